The fourth-order valence-electron chi connectivity index (χ4n) is 3.41. The molecule has 164 valence electrons. The van der Waals surface area contributed by atoms with Crippen molar-refractivity contribution in [1.29, 1.82) is 0 Å². The third-order valence-electron chi connectivity index (χ3n) is 5.23. The number of carbonyl (C=O) groups excluding carboxylic acids is 1. The lowest BCUT2D eigenvalue weighted by molar-refractivity contribution is 0.102. The molecule has 0 radical (unpaired) electrons. The summed E-state index contributed by atoms with van der Waals surface area (Å²) in [5, 5.41) is 16.6. The van der Waals surface area contributed by atoms with E-state index < -0.39 is 0 Å². The third-order valence-corrected chi connectivity index (χ3v) is 6.18. The Balaban J connectivity index is 1.25. The van der Waals surface area contributed by atoms with Gasteiger partial charge in [0.15, 0.2) is 5.82 Å². The monoisotopic (exact) mass is 455 g/mol. The smallest absolute Gasteiger partial charge is 0.255 e. The number of nitrogens with one attached hydrogen (secondary N) is 1. The van der Waals surface area contributed by atoms with Crippen LogP contribution < -0.4 is 10.1 Å². The molecular weight excluding hydrogens is 434 g/mol. The normalized spacial score (nSPS) is 11.0. The van der Waals surface area contributed by atoms with Crippen molar-refractivity contribution in [3.63, 3.8) is 0 Å². The molecule has 0 bridgehead atoms. The van der Waals surface area contributed by atoms with Crippen LogP contribution in [0.3, 0.4) is 0 Å². The maximum Gasteiger partial charge on any atom is 0.255 e. The van der Waals surface area contributed by atoms with Crippen molar-refractivity contribution in [1.82, 2.24) is 19.8 Å². The van der Waals surface area contributed by atoms with Gasteiger partial charge in [-0.05, 0) is 67.4 Å². The Kier molecular flexibility index (Phi) is 5.58. The average Bonchev–Trinajstić information content (AvgIpc) is 3.42. The molecule has 0 aliphatic carbocycles. The first kappa shape index (κ1) is 20.8. The largest absolute Gasteiger partial charge is 0.489 e. The average molecular weight is 456 g/mol. The fraction of sp³-hybridized carbons (Fsp3) is 0.120. The number of aromatic nitrogens is 4. The Hall–Kier alpha value is -4.04. The highest BCUT2D eigenvalue weighted by Gasteiger charge is 2.13. The lowest BCUT2D eigenvalue weighted by atomic mass is 10.1. The minimum Gasteiger partial charge on any atom is -0.489 e. The Bertz CT molecular complexity index is 1420. The van der Waals surface area contributed by atoms with Gasteiger partial charge in [-0.2, -0.15) is 9.61 Å². The second-order valence-corrected chi connectivity index (χ2v) is 8.59. The summed E-state index contributed by atoms with van der Waals surface area (Å²) in [6.45, 7) is 4.32. The van der Waals surface area contributed by atoms with E-state index >= 15 is 0 Å². The van der Waals surface area contributed by atoms with Crippen LogP contribution in [0.25, 0.3) is 15.5 Å². The SMILES string of the molecule is Cc1cc(-c2nn3c(C)nnc3s2)ccc1NC(=O)c1ccc(OCc2ccccc2)cc1. The van der Waals surface area contributed by atoms with E-state index in [1.807, 2.05) is 74.5 Å². The molecule has 2 aromatic heterocycles. The van der Waals surface area contributed by atoms with Gasteiger partial charge in [-0.25, -0.2) is 0 Å². The van der Waals surface area contributed by atoms with Crippen molar-refractivity contribution < 1.29 is 9.53 Å². The predicted octanol–water partition coefficient (Wildman–Crippen LogP) is 5.30. The summed E-state index contributed by atoms with van der Waals surface area (Å²) in [5.74, 6) is 1.30. The number of benzene rings is 3. The molecule has 0 aliphatic rings. The minimum atomic E-state index is -0.171. The maximum absolute atomic E-state index is 12.8. The number of fused-ring (bicyclic) bond motifs is 1. The van der Waals surface area contributed by atoms with Crippen LogP contribution in [-0.2, 0) is 6.61 Å². The van der Waals surface area contributed by atoms with Crippen LogP contribution >= 0.6 is 11.3 Å². The summed E-state index contributed by atoms with van der Waals surface area (Å²) < 4.78 is 7.53. The molecule has 5 aromatic rings. The molecule has 0 saturated carbocycles. The zero-order valence-electron chi connectivity index (χ0n) is 18.1. The van der Waals surface area contributed by atoms with Gasteiger partial charge >= 0.3 is 0 Å². The summed E-state index contributed by atoms with van der Waals surface area (Å²) in [4.78, 5) is 13.5. The molecule has 33 heavy (non-hydrogen) atoms. The first-order valence-electron chi connectivity index (χ1n) is 10.4. The maximum atomic E-state index is 12.8. The predicted molar refractivity (Wildman–Crippen MR) is 129 cm³/mol. The molecule has 2 heterocycles. The summed E-state index contributed by atoms with van der Waals surface area (Å²) in [5.41, 5.74) is 4.34. The van der Waals surface area contributed by atoms with Crippen LogP contribution in [0.4, 0.5) is 5.69 Å². The van der Waals surface area contributed by atoms with Crippen molar-refractivity contribution >= 4 is 27.9 Å². The van der Waals surface area contributed by atoms with Gasteiger partial charge in [-0.15, -0.1) is 10.2 Å². The van der Waals surface area contributed by atoms with E-state index in [1.165, 1.54) is 11.3 Å². The lowest BCUT2D eigenvalue weighted by Crippen LogP contribution is -2.12. The van der Waals surface area contributed by atoms with Crippen molar-refractivity contribution in [2.45, 2.75) is 20.5 Å². The van der Waals surface area contributed by atoms with E-state index in [9.17, 15) is 4.79 Å². The van der Waals surface area contributed by atoms with Gasteiger partial charge in [0.25, 0.3) is 5.91 Å². The molecule has 3 aromatic carbocycles. The van der Waals surface area contributed by atoms with E-state index in [0.29, 0.717) is 12.2 Å². The number of nitrogens with zero attached hydrogens (tertiary/aromatic N) is 4. The molecule has 0 saturated heterocycles. The van der Waals surface area contributed by atoms with E-state index in [2.05, 4.69) is 20.6 Å². The van der Waals surface area contributed by atoms with Gasteiger partial charge in [-0.3, -0.25) is 4.79 Å². The quantitative estimate of drug-likeness (QED) is 0.376. The van der Waals surface area contributed by atoms with Crippen LogP contribution in [0.2, 0.25) is 0 Å². The van der Waals surface area contributed by atoms with Gasteiger partial charge in [0.05, 0.1) is 0 Å². The van der Waals surface area contributed by atoms with Gasteiger partial charge in [0.1, 0.15) is 17.4 Å². The first-order chi connectivity index (χ1) is 16.1. The zero-order chi connectivity index (χ0) is 22.8. The van der Waals surface area contributed by atoms with Crippen molar-refractivity contribution in [3.8, 4) is 16.3 Å². The van der Waals surface area contributed by atoms with E-state index in [-0.39, 0.29) is 5.91 Å². The number of carbonyl (C=O) groups is 1. The standard InChI is InChI=1S/C25H21N5O2S/c1-16-14-20(24-29-30-17(2)27-28-25(30)33-24)10-13-22(16)26-23(31)19-8-11-21(12-9-19)32-15-18-6-4-3-5-7-18/h3-14H,15H2,1-2H3,(H,26,31). The first-order valence-corrected chi connectivity index (χ1v) is 11.3. The van der Waals surface area contributed by atoms with Crippen molar-refractivity contribution in [2.75, 3.05) is 5.32 Å². The van der Waals surface area contributed by atoms with Gasteiger partial charge in [0.2, 0.25) is 4.96 Å². The van der Waals surface area contributed by atoms with Crippen LogP contribution in [0.15, 0.2) is 72.8 Å². The molecule has 7 nitrogen and oxygen atoms in total. The van der Waals surface area contributed by atoms with E-state index in [4.69, 9.17) is 4.74 Å². The second kappa shape index (κ2) is 8.84. The highest BCUT2D eigenvalue weighted by Crippen LogP contribution is 2.29. The van der Waals surface area contributed by atoms with Crippen LogP contribution in [0.1, 0.15) is 27.3 Å². The Morgan fingerprint density at radius 3 is 2.52 bits per heavy atom. The zero-order valence-corrected chi connectivity index (χ0v) is 19.0. The molecule has 1 amide bonds. The number of amides is 1. The number of hydrogen-bond donors (Lipinski definition) is 1. The van der Waals surface area contributed by atoms with Crippen LogP contribution in [0, 0.1) is 13.8 Å². The van der Waals surface area contributed by atoms with Crippen molar-refractivity contribution in [2.24, 2.45) is 0 Å². The molecule has 1 N–H and O–H groups in total. The third kappa shape index (κ3) is 4.47. The Morgan fingerprint density at radius 2 is 1.79 bits per heavy atom. The van der Waals surface area contributed by atoms with Crippen molar-refractivity contribution in [3.05, 3.63) is 95.3 Å². The second-order valence-electron chi connectivity index (χ2n) is 7.63. The fourth-order valence-corrected chi connectivity index (χ4v) is 4.29. The van der Waals surface area contributed by atoms with Gasteiger partial charge in [-0.1, -0.05) is 41.7 Å². The molecule has 0 spiro atoms. The molecule has 8 heteroatoms. The number of anilines is 1. The summed E-state index contributed by atoms with van der Waals surface area (Å²) in [7, 11) is 0. The highest BCUT2D eigenvalue weighted by molar-refractivity contribution is 7.19. The summed E-state index contributed by atoms with van der Waals surface area (Å²) >= 11 is 1.48. The van der Waals surface area contributed by atoms with E-state index in [0.717, 1.165) is 43.9 Å². The molecule has 0 aliphatic heterocycles. The van der Waals surface area contributed by atoms with Crippen LogP contribution in [-0.4, -0.2) is 25.7 Å². The number of ether oxygens (including phenoxy) is 1. The highest BCUT2D eigenvalue weighted by atomic mass is 32.1. The Morgan fingerprint density at radius 1 is 1.00 bits per heavy atom. The Labute approximate surface area is 194 Å². The number of hydrogen-bond acceptors (Lipinski definition) is 6. The molecular formula is C25H21N5O2S. The molecule has 0 atom stereocenters. The minimum absolute atomic E-state index is 0.171. The van der Waals surface area contributed by atoms with Gasteiger partial charge in [0, 0.05) is 16.8 Å². The lowest BCUT2D eigenvalue weighted by Gasteiger charge is -2.10. The summed E-state index contributed by atoms with van der Waals surface area (Å²) in [6, 6.07) is 23.0. The summed E-state index contributed by atoms with van der Waals surface area (Å²) in [6.07, 6.45) is 0. The van der Waals surface area contributed by atoms with E-state index in [1.54, 1.807) is 16.6 Å². The topological polar surface area (TPSA) is 81.4 Å². The van der Waals surface area contributed by atoms with Gasteiger partial charge < -0.3 is 10.1 Å². The molecule has 0 unspecified atom stereocenters. The number of aryl methyl sites for hydroxylation is 2. The number of rotatable bonds is 6. The molecule has 5 rings (SSSR count). The van der Waals surface area contributed by atoms with Crippen LogP contribution in [0.5, 0.6) is 5.75 Å². The molecule has 0 fully saturated rings.